The van der Waals surface area contributed by atoms with E-state index < -0.39 is 23.5 Å². The van der Waals surface area contributed by atoms with Crippen LogP contribution in [-0.2, 0) is 4.74 Å². The first-order chi connectivity index (χ1) is 8.61. The van der Waals surface area contributed by atoms with E-state index in [0.717, 1.165) is 12.1 Å². The summed E-state index contributed by atoms with van der Waals surface area (Å²) < 4.78 is 18.4. The fourth-order valence-corrected chi connectivity index (χ4v) is 1.43. The van der Waals surface area contributed by atoms with E-state index in [-0.39, 0.29) is 16.8 Å². The van der Waals surface area contributed by atoms with Crippen LogP contribution in [0, 0.1) is 12.7 Å². The van der Waals surface area contributed by atoms with Crippen LogP contribution in [0.5, 0.6) is 0 Å². The highest BCUT2D eigenvalue weighted by molar-refractivity contribution is 5.99. The van der Waals surface area contributed by atoms with Crippen molar-refractivity contribution >= 4 is 17.7 Å². The summed E-state index contributed by atoms with van der Waals surface area (Å²) in [5.41, 5.74) is -0.966. The van der Waals surface area contributed by atoms with Gasteiger partial charge in [0.1, 0.15) is 11.4 Å². The molecule has 5 nitrogen and oxygen atoms in total. The lowest BCUT2D eigenvalue weighted by Crippen LogP contribution is -2.28. The molecule has 0 saturated heterocycles. The molecule has 0 saturated carbocycles. The molecule has 0 aromatic heterocycles. The van der Waals surface area contributed by atoms with E-state index in [4.69, 9.17) is 9.84 Å². The third kappa shape index (κ3) is 3.94. The normalized spacial score (nSPS) is 11.0. The maximum absolute atomic E-state index is 13.4. The summed E-state index contributed by atoms with van der Waals surface area (Å²) in [5, 5.41) is 11.3. The minimum absolute atomic E-state index is 0.0470. The Labute approximate surface area is 110 Å². The SMILES string of the molecule is Cc1c(F)ccc(C(=O)O)c1NC(=O)OC(C)(C)C. The van der Waals surface area contributed by atoms with Crippen LogP contribution in [0.15, 0.2) is 12.1 Å². The van der Waals surface area contributed by atoms with Crippen molar-refractivity contribution in [2.45, 2.75) is 33.3 Å². The number of rotatable bonds is 2. The number of hydrogen-bond donors (Lipinski definition) is 2. The van der Waals surface area contributed by atoms with Crippen LogP contribution < -0.4 is 5.32 Å². The number of nitrogens with one attached hydrogen (secondary N) is 1. The van der Waals surface area contributed by atoms with Gasteiger partial charge in [-0.3, -0.25) is 5.32 Å². The number of halogens is 1. The van der Waals surface area contributed by atoms with Gasteiger partial charge in [0.2, 0.25) is 0 Å². The molecule has 0 heterocycles. The number of carbonyl (C=O) groups is 2. The van der Waals surface area contributed by atoms with Gasteiger partial charge in [-0.15, -0.1) is 0 Å². The quantitative estimate of drug-likeness (QED) is 0.864. The number of carbonyl (C=O) groups excluding carboxylic acids is 1. The minimum atomic E-state index is -1.26. The van der Waals surface area contributed by atoms with Gasteiger partial charge in [-0.2, -0.15) is 0 Å². The highest BCUT2D eigenvalue weighted by Gasteiger charge is 2.21. The fourth-order valence-electron chi connectivity index (χ4n) is 1.43. The molecular weight excluding hydrogens is 253 g/mol. The lowest BCUT2D eigenvalue weighted by molar-refractivity contribution is 0.0636. The number of ether oxygens (including phenoxy) is 1. The smallest absolute Gasteiger partial charge is 0.412 e. The van der Waals surface area contributed by atoms with E-state index in [1.807, 2.05) is 0 Å². The third-order valence-corrected chi connectivity index (χ3v) is 2.26. The molecule has 0 aliphatic rings. The van der Waals surface area contributed by atoms with Crippen molar-refractivity contribution in [3.8, 4) is 0 Å². The second-order valence-electron chi connectivity index (χ2n) is 5.03. The van der Waals surface area contributed by atoms with Crippen LogP contribution in [0.2, 0.25) is 0 Å². The van der Waals surface area contributed by atoms with Crippen LogP contribution >= 0.6 is 0 Å². The highest BCUT2D eigenvalue weighted by atomic mass is 19.1. The Hall–Kier alpha value is -2.11. The maximum atomic E-state index is 13.4. The number of hydrogen-bond acceptors (Lipinski definition) is 3. The number of carboxylic acid groups (broad SMARTS) is 1. The monoisotopic (exact) mass is 269 g/mol. The van der Waals surface area contributed by atoms with E-state index in [9.17, 15) is 14.0 Å². The average molecular weight is 269 g/mol. The average Bonchev–Trinajstić information content (AvgIpc) is 2.21. The van der Waals surface area contributed by atoms with Crippen molar-refractivity contribution in [2.75, 3.05) is 5.32 Å². The van der Waals surface area contributed by atoms with Gasteiger partial charge in [0.25, 0.3) is 0 Å². The molecule has 0 fully saturated rings. The number of aromatic carboxylic acids is 1. The number of benzene rings is 1. The molecular formula is C13H16FNO4. The number of amides is 1. The van der Waals surface area contributed by atoms with Gasteiger partial charge in [-0.25, -0.2) is 14.0 Å². The third-order valence-electron chi connectivity index (χ3n) is 2.26. The summed E-state index contributed by atoms with van der Waals surface area (Å²) in [6.07, 6.45) is -0.830. The molecule has 1 amide bonds. The van der Waals surface area contributed by atoms with Crippen molar-refractivity contribution in [3.63, 3.8) is 0 Å². The van der Waals surface area contributed by atoms with Crippen molar-refractivity contribution in [1.82, 2.24) is 0 Å². The maximum Gasteiger partial charge on any atom is 0.412 e. The van der Waals surface area contributed by atoms with Crippen molar-refractivity contribution in [1.29, 1.82) is 0 Å². The van der Waals surface area contributed by atoms with Crippen molar-refractivity contribution in [2.24, 2.45) is 0 Å². The molecule has 1 aromatic rings. The molecule has 0 unspecified atom stereocenters. The Morgan fingerprint density at radius 2 is 1.89 bits per heavy atom. The predicted molar refractivity (Wildman–Crippen MR) is 68.0 cm³/mol. The molecule has 2 N–H and O–H groups in total. The zero-order valence-corrected chi connectivity index (χ0v) is 11.2. The van der Waals surface area contributed by atoms with Gasteiger partial charge in [0.05, 0.1) is 11.3 Å². The molecule has 6 heteroatoms. The van der Waals surface area contributed by atoms with E-state index in [2.05, 4.69) is 5.32 Å². The fraction of sp³-hybridized carbons (Fsp3) is 0.385. The van der Waals surface area contributed by atoms with Crippen LogP contribution in [0.25, 0.3) is 0 Å². The second kappa shape index (κ2) is 5.26. The molecule has 1 rings (SSSR count). The van der Waals surface area contributed by atoms with Crippen LogP contribution in [0.4, 0.5) is 14.9 Å². The van der Waals surface area contributed by atoms with Gasteiger partial charge in [0, 0.05) is 5.56 Å². The molecule has 0 atom stereocenters. The highest BCUT2D eigenvalue weighted by Crippen LogP contribution is 2.24. The molecule has 0 spiro atoms. The van der Waals surface area contributed by atoms with E-state index in [1.54, 1.807) is 20.8 Å². The molecule has 19 heavy (non-hydrogen) atoms. The largest absolute Gasteiger partial charge is 0.478 e. The van der Waals surface area contributed by atoms with Gasteiger partial charge in [-0.05, 0) is 39.8 Å². The van der Waals surface area contributed by atoms with Crippen molar-refractivity contribution < 1.29 is 23.8 Å². The van der Waals surface area contributed by atoms with E-state index >= 15 is 0 Å². The summed E-state index contributed by atoms with van der Waals surface area (Å²) >= 11 is 0. The Morgan fingerprint density at radius 3 is 2.37 bits per heavy atom. The summed E-state index contributed by atoms with van der Waals surface area (Å²) in [7, 11) is 0. The number of carboxylic acids is 1. The Bertz CT molecular complexity index is 520. The van der Waals surface area contributed by atoms with Gasteiger partial charge < -0.3 is 9.84 Å². The minimum Gasteiger partial charge on any atom is -0.478 e. The molecule has 0 aliphatic heterocycles. The van der Waals surface area contributed by atoms with Crippen LogP contribution in [0.3, 0.4) is 0 Å². The first-order valence-corrected chi connectivity index (χ1v) is 5.64. The van der Waals surface area contributed by atoms with Crippen LogP contribution in [-0.4, -0.2) is 22.8 Å². The topological polar surface area (TPSA) is 75.6 Å². The summed E-state index contributed by atoms with van der Waals surface area (Å²) in [6.45, 7) is 6.39. The first-order valence-electron chi connectivity index (χ1n) is 5.64. The molecule has 104 valence electrons. The zero-order chi connectivity index (χ0) is 14.8. The van der Waals surface area contributed by atoms with Crippen LogP contribution in [0.1, 0.15) is 36.7 Å². The molecule has 0 bridgehead atoms. The van der Waals surface area contributed by atoms with E-state index in [1.165, 1.54) is 6.92 Å². The van der Waals surface area contributed by atoms with Gasteiger partial charge >= 0.3 is 12.1 Å². The predicted octanol–water partition coefficient (Wildman–Crippen LogP) is 3.18. The number of anilines is 1. The molecule has 1 aromatic carbocycles. The summed E-state index contributed by atoms with van der Waals surface area (Å²) in [4.78, 5) is 22.7. The first kappa shape index (κ1) is 14.9. The van der Waals surface area contributed by atoms with Gasteiger partial charge in [-0.1, -0.05) is 0 Å². The summed E-state index contributed by atoms with van der Waals surface area (Å²) in [5.74, 6) is -1.86. The standard InChI is InChI=1S/C13H16FNO4/c1-7-9(14)6-5-8(11(16)17)10(7)15-12(18)19-13(2,3)4/h5-6H,1-4H3,(H,15,18)(H,16,17). The summed E-state index contributed by atoms with van der Waals surface area (Å²) in [6, 6.07) is 2.14. The molecule has 0 aliphatic carbocycles. The zero-order valence-electron chi connectivity index (χ0n) is 11.2. The molecule has 0 radical (unpaired) electrons. The Morgan fingerprint density at radius 1 is 1.32 bits per heavy atom. The van der Waals surface area contributed by atoms with Gasteiger partial charge in [0.15, 0.2) is 0 Å². The Kier molecular flexibility index (Phi) is 4.14. The second-order valence-corrected chi connectivity index (χ2v) is 5.03. The lowest BCUT2D eigenvalue weighted by atomic mass is 10.1. The van der Waals surface area contributed by atoms with Crippen molar-refractivity contribution in [3.05, 3.63) is 29.1 Å². The lowest BCUT2D eigenvalue weighted by Gasteiger charge is -2.20. The Balaban J connectivity index is 3.09. The van der Waals surface area contributed by atoms with E-state index in [0.29, 0.717) is 0 Å².